The van der Waals surface area contributed by atoms with Crippen LogP contribution in [-0.4, -0.2) is 50.1 Å². The summed E-state index contributed by atoms with van der Waals surface area (Å²) in [5.41, 5.74) is 0.648. The lowest BCUT2D eigenvalue weighted by atomic mass is 10.1. The van der Waals surface area contributed by atoms with Gasteiger partial charge in [-0.1, -0.05) is 12.1 Å². The third-order valence-electron chi connectivity index (χ3n) is 3.50. The summed E-state index contributed by atoms with van der Waals surface area (Å²) in [5, 5.41) is 0. The van der Waals surface area contributed by atoms with Crippen LogP contribution in [-0.2, 0) is 4.74 Å². The number of carbonyl (C=O) groups is 1. The number of hydrogen-bond acceptors (Lipinski definition) is 4. The summed E-state index contributed by atoms with van der Waals surface area (Å²) in [6.07, 6.45) is 1.08. The highest BCUT2D eigenvalue weighted by Gasteiger charge is 2.19. The van der Waals surface area contributed by atoms with E-state index >= 15 is 0 Å². The predicted octanol–water partition coefficient (Wildman–Crippen LogP) is 1.99. The van der Waals surface area contributed by atoms with Gasteiger partial charge in [0.15, 0.2) is 5.78 Å². The lowest BCUT2D eigenvalue weighted by molar-refractivity contribution is 0.101. The molecule has 1 heterocycles. The van der Waals surface area contributed by atoms with E-state index in [2.05, 4.69) is 11.9 Å². The minimum atomic E-state index is 0.0353. The van der Waals surface area contributed by atoms with Gasteiger partial charge in [0.1, 0.15) is 12.4 Å². The first kappa shape index (κ1) is 14.0. The van der Waals surface area contributed by atoms with Gasteiger partial charge in [0.2, 0.25) is 0 Å². The molecule has 0 amide bonds. The average molecular weight is 263 g/mol. The number of rotatable bonds is 6. The smallest absolute Gasteiger partial charge is 0.163 e. The molecule has 1 aliphatic rings. The van der Waals surface area contributed by atoms with Gasteiger partial charge in [-0.2, -0.15) is 0 Å². The van der Waals surface area contributed by atoms with Gasteiger partial charge in [-0.25, -0.2) is 0 Å². The molecule has 1 saturated heterocycles. The van der Waals surface area contributed by atoms with E-state index in [1.807, 2.05) is 18.2 Å². The molecule has 1 aliphatic heterocycles. The molecule has 2 rings (SSSR count). The molecule has 19 heavy (non-hydrogen) atoms. The van der Waals surface area contributed by atoms with Crippen LogP contribution < -0.4 is 4.74 Å². The molecular formula is C15H21NO3. The molecule has 0 bridgehead atoms. The summed E-state index contributed by atoms with van der Waals surface area (Å²) in [6, 6.07) is 7.87. The van der Waals surface area contributed by atoms with Gasteiger partial charge in [0, 0.05) is 19.2 Å². The molecule has 104 valence electrons. The van der Waals surface area contributed by atoms with Crippen LogP contribution in [0.15, 0.2) is 24.3 Å². The van der Waals surface area contributed by atoms with E-state index in [0.717, 1.165) is 26.2 Å². The highest BCUT2D eigenvalue weighted by Crippen LogP contribution is 2.18. The molecule has 1 atom stereocenters. The summed E-state index contributed by atoms with van der Waals surface area (Å²) in [5.74, 6) is 0.708. The van der Waals surface area contributed by atoms with E-state index in [4.69, 9.17) is 9.47 Å². The Morgan fingerprint density at radius 2 is 2.26 bits per heavy atom. The maximum Gasteiger partial charge on any atom is 0.163 e. The van der Waals surface area contributed by atoms with Gasteiger partial charge in [-0.05, 0) is 32.5 Å². The fraction of sp³-hybridized carbons (Fsp3) is 0.533. The first-order valence-electron chi connectivity index (χ1n) is 6.69. The van der Waals surface area contributed by atoms with Crippen molar-refractivity contribution in [3.05, 3.63) is 29.8 Å². The largest absolute Gasteiger partial charge is 0.491 e. The second-order valence-electron chi connectivity index (χ2n) is 4.90. The zero-order valence-corrected chi connectivity index (χ0v) is 11.6. The Kier molecular flexibility index (Phi) is 4.93. The number of likely N-dealkylation sites (N-methyl/N-ethyl adjacent to an activating group) is 1. The standard InChI is InChI=1S/C15H21NO3/c1-12(17)14-5-3-4-6-15(14)19-10-8-16(2)13-7-9-18-11-13/h3-6,13H,7-11H2,1-2H3. The lowest BCUT2D eigenvalue weighted by Gasteiger charge is -2.22. The number of Topliss-reactive ketones (excluding diaryl/α,β-unsaturated/α-hetero) is 1. The minimum absolute atomic E-state index is 0.0353. The first-order valence-corrected chi connectivity index (χ1v) is 6.69. The topological polar surface area (TPSA) is 38.8 Å². The van der Waals surface area contributed by atoms with E-state index < -0.39 is 0 Å². The number of benzene rings is 1. The lowest BCUT2D eigenvalue weighted by Crippen LogP contribution is -2.35. The Morgan fingerprint density at radius 3 is 2.95 bits per heavy atom. The molecule has 0 aliphatic carbocycles. The van der Waals surface area contributed by atoms with Crippen molar-refractivity contribution in [2.45, 2.75) is 19.4 Å². The van der Waals surface area contributed by atoms with Crippen molar-refractivity contribution in [1.82, 2.24) is 4.90 Å². The van der Waals surface area contributed by atoms with E-state index in [-0.39, 0.29) is 5.78 Å². The summed E-state index contributed by atoms with van der Waals surface area (Å²) < 4.78 is 11.1. The Hall–Kier alpha value is -1.39. The van der Waals surface area contributed by atoms with Gasteiger partial charge in [-0.3, -0.25) is 9.69 Å². The highest BCUT2D eigenvalue weighted by atomic mass is 16.5. The Morgan fingerprint density at radius 1 is 1.47 bits per heavy atom. The van der Waals surface area contributed by atoms with Crippen molar-refractivity contribution in [1.29, 1.82) is 0 Å². The van der Waals surface area contributed by atoms with Crippen molar-refractivity contribution in [3.63, 3.8) is 0 Å². The summed E-state index contributed by atoms with van der Waals surface area (Å²) in [6.45, 7) is 4.63. The quantitative estimate of drug-likeness (QED) is 0.736. The van der Waals surface area contributed by atoms with Crippen LogP contribution in [0, 0.1) is 0 Å². The fourth-order valence-electron chi connectivity index (χ4n) is 2.24. The fourth-order valence-corrected chi connectivity index (χ4v) is 2.24. The first-order chi connectivity index (χ1) is 9.18. The van der Waals surface area contributed by atoms with Crippen LogP contribution in [0.2, 0.25) is 0 Å². The van der Waals surface area contributed by atoms with E-state index in [1.165, 1.54) is 0 Å². The van der Waals surface area contributed by atoms with Gasteiger partial charge >= 0.3 is 0 Å². The second kappa shape index (κ2) is 6.68. The Labute approximate surface area is 114 Å². The zero-order valence-electron chi connectivity index (χ0n) is 11.6. The number of ether oxygens (including phenoxy) is 2. The maximum atomic E-state index is 11.5. The van der Waals surface area contributed by atoms with E-state index in [0.29, 0.717) is 24.0 Å². The Balaban J connectivity index is 1.83. The molecule has 1 aromatic carbocycles. The van der Waals surface area contributed by atoms with Crippen LogP contribution in [0.25, 0.3) is 0 Å². The number of para-hydroxylation sites is 1. The molecule has 0 aromatic heterocycles. The Bertz CT molecular complexity index is 427. The van der Waals surface area contributed by atoms with E-state index in [1.54, 1.807) is 13.0 Å². The number of carbonyl (C=O) groups excluding carboxylic acids is 1. The predicted molar refractivity (Wildman–Crippen MR) is 73.8 cm³/mol. The zero-order chi connectivity index (χ0) is 13.7. The molecular weight excluding hydrogens is 242 g/mol. The van der Waals surface area contributed by atoms with E-state index in [9.17, 15) is 4.79 Å². The molecule has 4 nitrogen and oxygen atoms in total. The molecule has 1 fully saturated rings. The van der Waals surface area contributed by atoms with Crippen LogP contribution in [0.4, 0.5) is 0 Å². The van der Waals surface area contributed by atoms with Crippen molar-refractivity contribution in [2.75, 3.05) is 33.4 Å². The van der Waals surface area contributed by atoms with Gasteiger partial charge in [0.25, 0.3) is 0 Å². The van der Waals surface area contributed by atoms with Crippen LogP contribution >= 0.6 is 0 Å². The number of hydrogen-bond donors (Lipinski definition) is 0. The molecule has 0 saturated carbocycles. The normalized spacial score (nSPS) is 18.8. The monoisotopic (exact) mass is 263 g/mol. The third-order valence-corrected chi connectivity index (χ3v) is 3.50. The third kappa shape index (κ3) is 3.78. The summed E-state index contributed by atoms with van der Waals surface area (Å²) >= 11 is 0. The molecule has 1 unspecified atom stereocenters. The summed E-state index contributed by atoms with van der Waals surface area (Å²) in [4.78, 5) is 13.7. The SMILES string of the molecule is CC(=O)c1ccccc1OCCN(C)C1CCOC1. The molecule has 4 heteroatoms. The minimum Gasteiger partial charge on any atom is -0.491 e. The maximum absolute atomic E-state index is 11.5. The highest BCUT2D eigenvalue weighted by molar-refractivity contribution is 5.96. The molecule has 0 N–H and O–H groups in total. The van der Waals surface area contributed by atoms with Gasteiger partial charge in [0.05, 0.1) is 12.2 Å². The van der Waals surface area contributed by atoms with Crippen molar-refractivity contribution >= 4 is 5.78 Å². The average Bonchev–Trinajstić information content (AvgIpc) is 2.93. The van der Waals surface area contributed by atoms with Crippen LogP contribution in [0.3, 0.4) is 0 Å². The number of ketones is 1. The summed E-state index contributed by atoms with van der Waals surface area (Å²) in [7, 11) is 2.08. The second-order valence-corrected chi connectivity index (χ2v) is 4.90. The van der Waals surface area contributed by atoms with Gasteiger partial charge in [-0.15, -0.1) is 0 Å². The molecule has 1 aromatic rings. The number of nitrogens with zero attached hydrogens (tertiary/aromatic N) is 1. The van der Waals surface area contributed by atoms with Crippen molar-refractivity contribution in [3.8, 4) is 5.75 Å². The molecule has 0 radical (unpaired) electrons. The van der Waals surface area contributed by atoms with Crippen molar-refractivity contribution in [2.24, 2.45) is 0 Å². The molecule has 0 spiro atoms. The van der Waals surface area contributed by atoms with Crippen molar-refractivity contribution < 1.29 is 14.3 Å². The van der Waals surface area contributed by atoms with Gasteiger partial charge < -0.3 is 9.47 Å². The van der Waals surface area contributed by atoms with Crippen LogP contribution in [0.1, 0.15) is 23.7 Å². The van der Waals surface area contributed by atoms with Crippen LogP contribution in [0.5, 0.6) is 5.75 Å².